The van der Waals surface area contributed by atoms with E-state index in [9.17, 15) is 4.39 Å². The molecule has 1 aliphatic heterocycles. The number of nitrogens with zero attached hydrogens (tertiary/aromatic N) is 2. The van der Waals surface area contributed by atoms with E-state index in [0.717, 1.165) is 48.9 Å². The summed E-state index contributed by atoms with van der Waals surface area (Å²) in [7, 11) is 3.49. The van der Waals surface area contributed by atoms with Gasteiger partial charge in [-0.15, -0.1) is 0 Å². The first-order valence-corrected chi connectivity index (χ1v) is 9.82. The Morgan fingerprint density at radius 2 is 1.93 bits per heavy atom. The van der Waals surface area contributed by atoms with Crippen molar-refractivity contribution in [2.45, 2.75) is 30.8 Å². The van der Waals surface area contributed by atoms with Crippen molar-refractivity contribution in [3.05, 3.63) is 59.9 Å². The Balaban J connectivity index is 1.32. The first kappa shape index (κ1) is 18.6. The first-order chi connectivity index (χ1) is 13.7. The topological polar surface area (TPSA) is 48.9 Å². The van der Waals surface area contributed by atoms with Crippen LogP contribution in [-0.2, 0) is 0 Å². The molecular formula is C22H27FN4O. The summed E-state index contributed by atoms with van der Waals surface area (Å²) in [6, 6.07) is 15.7. The molecule has 1 saturated carbocycles. The van der Waals surface area contributed by atoms with E-state index in [-0.39, 0.29) is 17.8 Å². The van der Waals surface area contributed by atoms with Crippen LogP contribution in [0.2, 0.25) is 0 Å². The predicted molar refractivity (Wildman–Crippen MR) is 111 cm³/mol. The minimum Gasteiger partial charge on any atom is -0.495 e. The molecule has 2 fully saturated rings. The fourth-order valence-corrected chi connectivity index (χ4v) is 4.00. The van der Waals surface area contributed by atoms with Crippen molar-refractivity contribution in [2.75, 3.05) is 32.1 Å². The molecule has 1 heterocycles. The van der Waals surface area contributed by atoms with Gasteiger partial charge in [-0.1, -0.05) is 30.3 Å². The van der Waals surface area contributed by atoms with Crippen molar-refractivity contribution in [2.24, 2.45) is 4.99 Å². The van der Waals surface area contributed by atoms with Gasteiger partial charge in [-0.2, -0.15) is 0 Å². The molecule has 2 aliphatic rings. The van der Waals surface area contributed by atoms with Gasteiger partial charge in [0.1, 0.15) is 11.6 Å². The third-order valence-corrected chi connectivity index (χ3v) is 5.60. The zero-order valence-electron chi connectivity index (χ0n) is 16.4. The van der Waals surface area contributed by atoms with E-state index in [4.69, 9.17) is 4.74 Å². The van der Waals surface area contributed by atoms with E-state index in [0.29, 0.717) is 6.04 Å². The van der Waals surface area contributed by atoms with E-state index in [1.807, 2.05) is 30.3 Å². The van der Waals surface area contributed by atoms with Gasteiger partial charge in [0.25, 0.3) is 0 Å². The normalized spacial score (nSPS) is 24.2. The Bertz CT molecular complexity index is 856. The number of para-hydroxylation sites is 2. The Labute approximate surface area is 165 Å². The maximum atomic E-state index is 14.0. The van der Waals surface area contributed by atoms with E-state index < -0.39 is 0 Å². The molecule has 2 N–H and O–H groups in total. The van der Waals surface area contributed by atoms with E-state index in [1.165, 1.54) is 6.07 Å². The van der Waals surface area contributed by atoms with Crippen LogP contribution in [0.3, 0.4) is 0 Å². The average Bonchev–Trinajstić information content (AvgIpc) is 3.32. The summed E-state index contributed by atoms with van der Waals surface area (Å²) in [6.45, 7) is 1.86. The van der Waals surface area contributed by atoms with Gasteiger partial charge in [-0.25, -0.2) is 4.39 Å². The lowest BCUT2D eigenvalue weighted by molar-refractivity contribution is 0.415. The summed E-state index contributed by atoms with van der Waals surface area (Å²) in [5, 5.41) is 6.97. The molecule has 0 bridgehead atoms. The highest BCUT2D eigenvalue weighted by atomic mass is 19.1. The molecule has 1 aliphatic carbocycles. The minimum atomic E-state index is -0.122. The molecule has 0 spiro atoms. The number of methoxy groups -OCH3 is 1. The van der Waals surface area contributed by atoms with E-state index >= 15 is 0 Å². The Morgan fingerprint density at radius 3 is 2.71 bits per heavy atom. The van der Waals surface area contributed by atoms with Crippen LogP contribution < -0.4 is 20.3 Å². The lowest BCUT2D eigenvalue weighted by Crippen LogP contribution is -2.45. The number of hydrogen-bond donors (Lipinski definition) is 2. The molecule has 0 radical (unpaired) electrons. The second-order valence-electron chi connectivity index (χ2n) is 7.43. The molecule has 5 nitrogen and oxygen atoms in total. The predicted octanol–water partition coefficient (Wildman–Crippen LogP) is 3.13. The number of rotatable bonds is 5. The van der Waals surface area contributed by atoms with Crippen LogP contribution in [0.15, 0.2) is 53.5 Å². The number of nitrogens with one attached hydrogen (secondary N) is 2. The van der Waals surface area contributed by atoms with Crippen LogP contribution in [0.5, 0.6) is 5.75 Å². The van der Waals surface area contributed by atoms with Gasteiger partial charge in [0.15, 0.2) is 5.96 Å². The summed E-state index contributed by atoms with van der Waals surface area (Å²) < 4.78 is 19.5. The number of guanidine groups is 1. The zero-order chi connectivity index (χ0) is 19.5. The van der Waals surface area contributed by atoms with Crippen molar-refractivity contribution in [3.8, 4) is 5.75 Å². The number of halogens is 1. The molecule has 0 amide bonds. The van der Waals surface area contributed by atoms with E-state index in [1.54, 1.807) is 20.2 Å². The van der Waals surface area contributed by atoms with Crippen LogP contribution >= 0.6 is 0 Å². The summed E-state index contributed by atoms with van der Waals surface area (Å²) in [5.74, 6) is 1.78. The van der Waals surface area contributed by atoms with Crippen LogP contribution in [0.25, 0.3) is 0 Å². The molecule has 2 aromatic rings. The summed E-state index contributed by atoms with van der Waals surface area (Å²) in [4.78, 5) is 6.71. The second-order valence-corrected chi connectivity index (χ2v) is 7.43. The summed E-state index contributed by atoms with van der Waals surface area (Å²) >= 11 is 0. The summed E-state index contributed by atoms with van der Waals surface area (Å²) in [6.07, 6.45) is 1.96. The minimum absolute atomic E-state index is 0.122. The molecule has 6 heteroatoms. The number of ether oxygens (including phenoxy) is 1. The number of benzene rings is 2. The highest BCUT2D eigenvalue weighted by Crippen LogP contribution is 2.41. The number of hydrogen-bond acceptors (Lipinski definition) is 3. The van der Waals surface area contributed by atoms with Crippen molar-refractivity contribution in [1.82, 2.24) is 10.6 Å². The van der Waals surface area contributed by atoms with Gasteiger partial charge in [0.05, 0.1) is 12.8 Å². The SMILES string of the molecule is CN=C(NC1CCN(c2ccccc2OC)C1)NC1CC1c1ccccc1F. The Hall–Kier alpha value is -2.76. The number of aliphatic imine (C=N–C) groups is 1. The van der Waals surface area contributed by atoms with E-state index in [2.05, 4.69) is 26.6 Å². The smallest absolute Gasteiger partial charge is 0.191 e. The van der Waals surface area contributed by atoms with Crippen molar-refractivity contribution >= 4 is 11.6 Å². The molecule has 1 saturated heterocycles. The highest BCUT2D eigenvalue weighted by molar-refractivity contribution is 5.81. The largest absolute Gasteiger partial charge is 0.495 e. The average molecular weight is 382 g/mol. The number of anilines is 1. The van der Waals surface area contributed by atoms with Gasteiger partial charge in [-0.05, 0) is 36.6 Å². The maximum Gasteiger partial charge on any atom is 0.191 e. The molecule has 3 atom stereocenters. The van der Waals surface area contributed by atoms with Gasteiger partial charge in [0, 0.05) is 38.1 Å². The molecule has 2 aromatic carbocycles. The van der Waals surface area contributed by atoms with Gasteiger partial charge in [0.2, 0.25) is 0 Å². The van der Waals surface area contributed by atoms with Gasteiger partial charge >= 0.3 is 0 Å². The fourth-order valence-electron chi connectivity index (χ4n) is 4.00. The van der Waals surface area contributed by atoms with Gasteiger partial charge < -0.3 is 20.3 Å². The lowest BCUT2D eigenvalue weighted by Gasteiger charge is -2.22. The molecule has 148 valence electrons. The Kier molecular flexibility index (Phi) is 5.37. The van der Waals surface area contributed by atoms with Crippen molar-refractivity contribution < 1.29 is 9.13 Å². The zero-order valence-corrected chi connectivity index (χ0v) is 16.4. The first-order valence-electron chi connectivity index (χ1n) is 9.82. The van der Waals surface area contributed by atoms with Crippen LogP contribution in [0, 0.1) is 5.82 Å². The molecule has 4 rings (SSSR count). The van der Waals surface area contributed by atoms with Crippen LogP contribution in [-0.4, -0.2) is 45.3 Å². The molecule has 28 heavy (non-hydrogen) atoms. The maximum absolute atomic E-state index is 14.0. The van der Waals surface area contributed by atoms with Crippen LogP contribution in [0.4, 0.5) is 10.1 Å². The highest BCUT2D eigenvalue weighted by Gasteiger charge is 2.40. The van der Waals surface area contributed by atoms with Crippen LogP contribution in [0.1, 0.15) is 24.3 Å². The standard InChI is InChI=1S/C22H27FN4O/c1-24-22(26-19-13-17(19)16-7-3-4-8-18(16)23)25-15-11-12-27(14-15)20-9-5-6-10-21(20)28-2/h3-10,15,17,19H,11-14H2,1-2H3,(H2,24,25,26). The van der Waals surface area contributed by atoms with Crippen molar-refractivity contribution in [3.63, 3.8) is 0 Å². The lowest BCUT2D eigenvalue weighted by atomic mass is 10.1. The Morgan fingerprint density at radius 1 is 1.14 bits per heavy atom. The summed E-state index contributed by atoms with van der Waals surface area (Å²) in [5.41, 5.74) is 1.91. The van der Waals surface area contributed by atoms with Gasteiger partial charge in [-0.3, -0.25) is 4.99 Å². The quantitative estimate of drug-likeness (QED) is 0.616. The molecule has 0 aromatic heterocycles. The molecular weight excluding hydrogens is 355 g/mol. The second kappa shape index (κ2) is 8.09. The van der Waals surface area contributed by atoms with Crippen molar-refractivity contribution in [1.29, 1.82) is 0 Å². The monoisotopic (exact) mass is 382 g/mol. The third-order valence-electron chi connectivity index (χ3n) is 5.60. The fraction of sp³-hybridized carbons (Fsp3) is 0.409. The third kappa shape index (κ3) is 3.91. The molecule has 3 unspecified atom stereocenters.